The van der Waals surface area contributed by atoms with Crippen LogP contribution in [0.1, 0.15) is 36.6 Å². The van der Waals surface area contributed by atoms with Gasteiger partial charge in [-0.2, -0.15) is 10.1 Å². The average molecular weight is 512 g/mol. The van der Waals surface area contributed by atoms with E-state index in [-0.39, 0.29) is 5.91 Å². The number of amides is 1. The number of anilines is 2. The highest BCUT2D eigenvalue weighted by Crippen LogP contribution is 2.42. The number of aryl methyl sites for hydroxylation is 1. The van der Waals surface area contributed by atoms with Crippen molar-refractivity contribution >= 4 is 33.5 Å². The molecule has 3 aromatic rings. The van der Waals surface area contributed by atoms with Gasteiger partial charge in [0.05, 0.1) is 23.8 Å². The van der Waals surface area contributed by atoms with E-state index in [1.807, 2.05) is 58.0 Å². The van der Waals surface area contributed by atoms with Gasteiger partial charge in [0, 0.05) is 11.4 Å². The summed E-state index contributed by atoms with van der Waals surface area (Å²) in [6.07, 6.45) is 1.47. The van der Waals surface area contributed by atoms with Gasteiger partial charge < -0.3 is 20.1 Å². The Balaban J connectivity index is 1.83. The van der Waals surface area contributed by atoms with Crippen LogP contribution in [0, 0.1) is 13.8 Å². The summed E-state index contributed by atoms with van der Waals surface area (Å²) in [5.41, 5.74) is 4.95. The highest BCUT2D eigenvalue weighted by molar-refractivity contribution is 9.10. The lowest BCUT2D eigenvalue weighted by atomic mass is 9.94. The monoisotopic (exact) mass is 511 g/mol. The lowest BCUT2D eigenvalue weighted by molar-refractivity contribution is -0.113. The summed E-state index contributed by atoms with van der Waals surface area (Å²) < 4.78 is 13.8. The summed E-state index contributed by atoms with van der Waals surface area (Å²) in [5.74, 6) is 1.52. The molecule has 0 fully saturated rings. The second kappa shape index (κ2) is 9.27. The molecular formula is C24H26BrN5O3. The summed E-state index contributed by atoms with van der Waals surface area (Å²) in [5, 5.41) is 10.7. The zero-order chi connectivity index (χ0) is 23.7. The maximum atomic E-state index is 13.6. The molecule has 0 bridgehead atoms. The van der Waals surface area contributed by atoms with Gasteiger partial charge in [-0.25, -0.2) is 4.68 Å². The van der Waals surface area contributed by atoms with Crippen LogP contribution in [-0.2, 0) is 4.79 Å². The van der Waals surface area contributed by atoms with Crippen molar-refractivity contribution in [1.29, 1.82) is 0 Å². The maximum absolute atomic E-state index is 13.6. The van der Waals surface area contributed by atoms with Crippen LogP contribution in [-0.4, -0.2) is 34.4 Å². The molecular weight excluding hydrogens is 486 g/mol. The molecule has 2 N–H and O–H groups in total. The smallest absolute Gasteiger partial charge is 0.255 e. The fourth-order valence-electron chi connectivity index (χ4n) is 3.98. The second-order valence-electron chi connectivity index (χ2n) is 7.76. The number of nitrogens with one attached hydrogen (secondary N) is 2. The number of aromatic nitrogens is 3. The molecule has 4 rings (SSSR count). The normalized spacial score (nSPS) is 15.0. The van der Waals surface area contributed by atoms with Crippen molar-refractivity contribution in [3.8, 4) is 11.5 Å². The summed E-state index contributed by atoms with van der Waals surface area (Å²) in [6.45, 7) is 8.26. The van der Waals surface area contributed by atoms with Gasteiger partial charge in [-0.15, -0.1) is 0 Å². The lowest BCUT2D eigenvalue weighted by Crippen LogP contribution is -2.31. The summed E-state index contributed by atoms with van der Waals surface area (Å²) in [6, 6.07) is 9.13. The van der Waals surface area contributed by atoms with E-state index in [9.17, 15) is 4.79 Å². The van der Waals surface area contributed by atoms with E-state index in [2.05, 4.69) is 36.6 Å². The fourth-order valence-corrected chi connectivity index (χ4v) is 4.60. The zero-order valence-corrected chi connectivity index (χ0v) is 20.8. The minimum Gasteiger partial charge on any atom is -0.492 e. The Morgan fingerprint density at radius 3 is 2.79 bits per heavy atom. The highest BCUT2D eigenvalue weighted by atomic mass is 79.9. The number of methoxy groups -OCH3 is 1. The standard InChI is InChI=1S/C24H26BrN5O3/c1-6-33-19-11-16(10-17(25)22(19)32-5)21-20(15(4)28-24-26-12-27-30(21)24)23(31)29-18-9-7-8-13(2)14(18)3/h7-12,21H,6H2,1-5H3,(H,29,31)(H,26,27,28). The Morgan fingerprint density at radius 2 is 2.06 bits per heavy atom. The Labute approximate surface area is 201 Å². The summed E-state index contributed by atoms with van der Waals surface area (Å²) in [4.78, 5) is 17.9. The number of carbonyl (C=O) groups excluding carboxylic acids is 1. The molecule has 1 atom stereocenters. The van der Waals surface area contributed by atoms with E-state index in [4.69, 9.17) is 9.47 Å². The quantitative estimate of drug-likeness (QED) is 0.484. The number of hydrogen-bond donors (Lipinski definition) is 2. The number of nitrogens with zero attached hydrogens (tertiary/aromatic N) is 3. The van der Waals surface area contributed by atoms with Gasteiger partial charge in [-0.05, 0) is 78.5 Å². The topological polar surface area (TPSA) is 90.3 Å². The largest absolute Gasteiger partial charge is 0.492 e. The number of ether oxygens (including phenoxy) is 2. The van der Waals surface area contributed by atoms with Gasteiger partial charge >= 0.3 is 0 Å². The van der Waals surface area contributed by atoms with Crippen LogP contribution in [0.2, 0.25) is 0 Å². The fraction of sp³-hybridized carbons (Fsp3) is 0.292. The molecule has 2 heterocycles. The van der Waals surface area contributed by atoms with Gasteiger partial charge in [-0.1, -0.05) is 12.1 Å². The molecule has 0 saturated heterocycles. The van der Waals surface area contributed by atoms with E-state index >= 15 is 0 Å². The van der Waals surface area contributed by atoms with E-state index in [1.165, 1.54) is 6.33 Å². The molecule has 8 nitrogen and oxygen atoms in total. The van der Waals surface area contributed by atoms with Gasteiger partial charge in [-0.3, -0.25) is 4.79 Å². The number of hydrogen-bond acceptors (Lipinski definition) is 6. The molecule has 1 aromatic heterocycles. The van der Waals surface area contributed by atoms with Crippen LogP contribution in [0.15, 0.2) is 52.4 Å². The number of allylic oxidation sites excluding steroid dienone is 1. The van der Waals surface area contributed by atoms with Gasteiger partial charge in [0.15, 0.2) is 11.5 Å². The predicted octanol–water partition coefficient (Wildman–Crippen LogP) is 4.99. The van der Waals surface area contributed by atoms with Crippen molar-refractivity contribution in [2.75, 3.05) is 24.4 Å². The van der Waals surface area contributed by atoms with E-state index in [0.29, 0.717) is 35.3 Å². The molecule has 0 radical (unpaired) electrons. The Kier molecular flexibility index (Phi) is 6.42. The number of fused-ring (bicyclic) bond motifs is 1. The molecule has 0 aliphatic carbocycles. The van der Waals surface area contributed by atoms with Crippen LogP contribution < -0.4 is 20.1 Å². The third-order valence-electron chi connectivity index (χ3n) is 5.74. The first-order valence-electron chi connectivity index (χ1n) is 10.6. The summed E-state index contributed by atoms with van der Waals surface area (Å²) in [7, 11) is 1.59. The molecule has 0 spiro atoms. The van der Waals surface area contributed by atoms with Crippen molar-refractivity contribution in [2.24, 2.45) is 0 Å². The number of benzene rings is 2. The molecule has 1 amide bonds. The third kappa shape index (κ3) is 4.20. The molecule has 2 aromatic carbocycles. The molecule has 172 valence electrons. The van der Waals surface area contributed by atoms with Gasteiger partial charge in [0.25, 0.3) is 5.91 Å². The zero-order valence-electron chi connectivity index (χ0n) is 19.2. The Morgan fingerprint density at radius 1 is 1.27 bits per heavy atom. The number of rotatable bonds is 6. The van der Waals surface area contributed by atoms with E-state index in [1.54, 1.807) is 11.8 Å². The van der Waals surface area contributed by atoms with Crippen molar-refractivity contribution < 1.29 is 14.3 Å². The lowest BCUT2D eigenvalue weighted by Gasteiger charge is -2.29. The number of halogens is 1. The minimum absolute atomic E-state index is 0.218. The average Bonchev–Trinajstić information content (AvgIpc) is 3.24. The van der Waals surface area contributed by atoms with Crippen molar-refractivity contribution in [1.82, 2.24) is 14.8 Å². The van der Waals surface area contributed by atoms with Crippen LogP contribution in [0.4, 0.5) is 11.6 Å². The third-order valence-corrected chi connectivity index (χ3v) is 6.33. The molecule has 33 heavy (non-hydrogen) atoms. The SMILES string of the molecule is CCOc1cc(C2C(C(=O)Nc3cccc(C)c3C)=C(C)Nc3ncnn32)cc(Br)c1OC. The van der Waals surface area contributed by atoms with Crippen molar-refractivity contribution in [3.63, 3.8) is 0 Å². The number of carbonyl (C=O) groups is 1. The van der Waals surface area contributed by atoms with Crippen molar-refractivity contribution in [2.45, 2.75) is 33.7 Å². The molecule has 9 heteroatoms. The van der Waals surface area contributed by atoms with Gasteiger partial charge in [0.1, 0.15) is 12.4 Å². The second-order valence-corrected chi connectivity index (χ2v) is 8.62. The predicted molar refractivity (Wildman–Crippen MR) is 131 cm³/mol. The van der Waals surface area contributed by atoms with Gasteiger partial charge in [0.2, 0.25) is 5.95 Å². The van der Waals surface area contributed by atoms with Crippen LogP contribution >= 0.6 is 15.9 Å². The van der Waals surface area contributed by atoms with Crippen LogP contribution in [0.25, 0.3) is 0 Å². The highest BCUT2D eigenvalue weighted by Gasteiger charge is 2.34. The molecule has 1 aliphatic rings. The molecule has 0 saturated carbocycles. The Hall–Kier alpha value is -3.33. The Bertz CT molecular complexity index is 1250. The molecule has 1 unspecified atom stereocenters. The summed E-state index contributed by atoms with van der Waals surface area (Å²) >= 11 is 3.59. The van der Waals surface area contributed by atoms with Crippen LogP contribution in [0.5, 0.6) is 11.5 Å². The van der Waals surface area contributed by atoms with E-state index in [0.717, 1.165) is 26.9 Å². The maximum Gasteiger partial charge on any atom is 0.255 e. The van der Waals surface area contributed by atoms with Crippen LogP contribution in [0.3, 0.4) is 0 Å². The van der Waals surface area contributed by atoms with E-state index < -0.39 is 6.04 Å². The first-order chi connectivity index (χ1) is 15.8. The van der Waals surface area contributed by atoms with Crippen molar-refractivity contribution in [3.05, 3.63) is 69.1 Å². The first-order valence-corrected chi connectivity index (χ1v) is 11.4. The molecule has 1 aliphatic heterocycles. The minimum atomic E-state index is -0.518. The first kappa shape index (κ1) is 22.8.